The lowest BCUT2D eigenvalue weighted by molar-refractivity contribution is -0.113. The van der Waals surface area contributed by atoms with Crippen molar-refractivity contribution in [1.82, 2.24) is 14.8 Å². The fourth-order valence-corrected chi connectivity index (χ4v) is 3.93. The second-order valence-electron chi connectivity index (χ2n) is 6.52. The largest absolute Gasteiger partial charge is 0.372 e. The number of anilines is 3. The van der Waals surface area contributed by atoms with Gasteiger partial charge in [-0.05, 0) is 49.9 Å². The molecule has 1 amide bonds. The summed E-state index contributed by atoms with van der Waals surface area (Å²) < 4.78 is 1.93. The molecule has 2 heterocycles. The molecule has 0 bridgehead atoms. The molecule has 25 heavy (non-hydrogen) atoms. The van der Waals surface area contributed by atoms with Crippen LogP contribution in [0.4, 0.5) is 17.3 Å². The van der Waals surface area contributed by atoms with Gasteiger partial charge in [0.25, 0.3) is 0 Å². The number of hydrogen-bond donors (Lipinski definition) is 2. The Morgan fingerprint density at radius 3 is 2.60 bits per heavy atom. The third-order valence-corrected chi connectivity index (χ3v) is 5.50. The predicted molar refractivity (Wildman–Crippen MR) is 99.9 cm³/mol. The van der Waals surface area contributed by atoms with Gasteiger partial charge in [-0.3, -0.25) is 9.36 Å². The van der Waals surface area contributed by atoms with E-state index >= 15 is 0 Å². The van der Waals surface area contributed by atoms with Crippen LogP contribution >= 0.6 is 11.8 Å². The Bertz CT molecular complexity index is 749. The van der Waals surface area contributed by atoms with Crippen molar-refractivity contribution in [3.8, 4) is 0 Å². The van der Waals surface area contributed by atoms with Crippen molar-refractivity contribution in [1.29, 1.82) is 0 Å². The lowest BCUT2D eigenvalue weighted by Gasteiger charge is -2.17. The van der Waals surface area contributed by atoms with E-state index in [2.05, 4.69) is 32.5 Å². The van der Waals surface area contributed by atoms with Crippen LogP contribution in [0, 0.1) is 0 Å². The van der Waals surface area contributed by atoms with Crippen molar-refractivity contribution in [3.05, 3.63) is 24.3 Å². The smallest absolute Gasteiger partial charge is 0.234 e. The fraction of sp³-hybridized carbons (Fsp3) is 0.471. The zero-order chi connectivity index (χ0) is 17.2. The van der Waals surface area contributed by atoms with Crippen LogP contribution in [-0.4, -0.2) is 39.5 Å². The summed E-state index contributed by atoms with van der Waals surface area (Å²) in [6, 6.07) is 8.46. The quantitative estimate of drug-likeness (QED) is 0.772. The number of nitrogens with one attached hydrogen (secondary N) is 1. The number of carbonyl (C=O) groups is 1. The minimum Gasteiger partial charge on any atom is -0.372 e. The van der Waals surface area contributed by atoms with Crippen LogP contribution in [0.1, 0.15) is 31.7 Å². The molecule has 1 saturated heterocycles. The topological polar surface area (TPSA) is 89.1 Å². The number of nitrogen functional groups attached to an aromatic ring is 1. The summed E-state index contributed by atoms with van der Waals surface area (Å²) in [6.45, 7) is 2.24. The molecule has 3 N–H and O–H groups in total. The van der Waals surface area contributed by atoms with Crippen LogP contribution in [0.2, 0.25) is 0 Å². The number of nitrogens with zero attached hydrogens (tertiary/aromatic N) is 4. The molecule has 1 aliphatic carbocycles. The number of rotatable bonds is 6. The first-order chi connectivity index (χ1) is 12.2. The summed E-state index contributed by atoms with van der Waals surface area (Å²) >= 11 is 1.38. The molecule has 2 aliphatic rings. The number of hydrogen-bond acceptors (Lipinski definition) is 6. The molecule has 0 radical (unpaired) electrons. The molecule has 1 saturated carbocycles. The zero-order valence-corrected chi connectivity index (χ0v) is 14.8. The Hall–Kier alpha value is -2.22. The van der Waals surface area contributed by atoms with Crippen molar-refractivity contribution < 1.29 is 4.79 Å². The minimum atomic E-state index is -0.0529. The Labute approximate surface area is 151 Å². The first-order valence-electron chi connectivity index (χ1n) is 8.69. The van der Waals surface area contributed by atoms with E-state index in [0.717, 1.165) is 36.8 Å². The molecule has 132 valence electrons. The molecule has 8 heteroatoms. The van der Waals surface area contributed by atoms with E-state index < -0.39 is 0 Å². The summed E-state index contributed by atoms with van der Waals surface area (Å²) in [5.41, 5.74) is 7.89. The Kier molecular flexibility index (Phi) is 4.52. The van der Waals surface area contributed by atoms with Crippen molar-refractivity contribution in [2.45, 2.75) is 36.9 Å². The lowest BCUT2D eigenvalue weighted by Crippen LogP contribution is -2.18. The number of aromatic nitrogens is 3. The normalized spacial score (nSPS) is 17.0. The average Bonchev–Trinajstić information content (AvgIpc) is 3.16. The van der Waals surface area contributed by atoms with Gasteiger partial charge in [0.1, 0.15) is 0 Å². The van der Waals surface area contributed by atoms with Gasteiger partial charge in [0.2, 0.25) is 11.9 Å². The first kappa shape index (κ1) is 16.3. The molecule has 1 aliphatic heterocycles. The highest BCUT2D eigenvalue weighted by Gasteiger charge is 2.29. The maximum atomic E-state index is 12.2. The van der Waals surface area contributed by atoms with Gasteiger partial charge in [-0.25, -0.2) is 0 Å². The highest BCUT2D eigenvalue weighted by atomic mass is 32.2. The van der Waals surface area contributed by atoms with Crippen LogP contribution < -0.4 is 16.0 Å². The van der Waals surface area contributed by atoms with E-state index in [1.807, 2.05) is 16.7 Å². The van der Waals surface area contributed by atoms with Crippen LogP contribution in [0.15, 0.2) is 29.4 Å². The zero-order valence-electron chi connectivity index (χ0n) is 14.0. The third kappa shape index (κ3) is 3.73. The van der Waals surface area contributed by atoms with Crippen LogP contribution in [0.5, 0.6) is 0 Å². The van der Waals surface area contributed by atoms with Gasteiger partial charge in [-0.1, -0.05) is 11.8 Å². The van der Waals surface area contributed by atoms with E-state index in [4.69, 9.17) is 5.73 Å². The second kappa shape index (κ2) is 6.95. The van der Waals surface area contributed by atoms with Crippen molar-refractivity contribution in [3.63, 3.8) is 0 Å². The van der Waals surface area contributed by atoms with Crippen molar-refractivity contribution in [2.75, 3.05) is 34.8 Å². The van der Waals surface area contributed by atoms with Gasteiger partial charge < -0.3 is 16.0 Å². The van der Waals surface area contributed by atoms with E-state index in [9.17, 15) is 4.79 Å². The number of nitrogens with two attached hydrogens (primary N) is 1. The maximum absolute atomic E-state index is 12.2. The van der Waals surface area contributed by atoms with E-state index in [0.29, 0.717) is 17.7 Å². The number of carbonyl (C=O) groups excluding carboxylic acids is 1. The highest BCUT2D eigenvalue weighted by Crippen LogP contribution is 2.39. The predicted octanol–water partition coefficient (Wildman–Crippen LogP) is 2.53. The summed E-state index contributed by atoms with van der Waals surface area (Å²) in [6.07, 6.45) is 4.72. The highest BCUT2D eigenvalue weighted by molar-refractivity contribution is 7.99. The number of amides is 1. The first-order valence-corrected chi connectivity index (χ1v) is 9.67. The van der Waals surface area contributed by atoms with Crippen LogP contribution in [0.3, 0.4) is 0 Å². The van der Waals surface area contributed by atoms with Crippen LogP contribution in [0.25, 0.3) is 0 Å². The van der Waals surface area contributed by atoms with E-state index in [-0.39, 0.29) is 5.91 Å². The summed E-state index contributed by atoms with van der Waals surface area (Å²) in [5, 5.41) is 11.7. The lowest BCUT2D eigenvalue weighted by atomic mass is 10.2. The van der Waals surface area contributed by atoms with Gasteiger partial charge >= 0.3 is 0 Å². The van der Waals surface area contributed by atoms with E-state index in [1.165, 1.54) is 30.3 Å². The standard InChI is InChI=1S/C17H22N6OS/c18-16-20-21-17(23(16)14-7-8-14)25-11-15(24)19-12-3-5-13(6-4-12)22-9-1-2-10-22/h3-6,14H,1-2,7-11H2,(H2,18,20)(H,19,24). The fourth-order valence-electron chi connectivity index (χ4n) is 3.12. The molecule has 0 unspecified atom stereocenters. The molecule has 2 fully saturated rings. The van der Waals surface area contributed by atoms with Gasteiger partial charge in [0, 0.05) is 30.5 Å². The van der Waals surface area contributed by atoms with Gasteiger partial charge in [0.15, 0.2) is 5.16 Å². The minimum absolute atomic E-state index is 0.0529. The molecule has 7 nitrogen and oxygen atoms in total. The Morgan fingerprint density at radius 1 is 1.20 bits per heavy atom. The Morgan fingerprint density at radius 2 is 1.92 bits per heavy atom. The summed E-state index contributed by atoms with van der Waals surface area (Å²) in [4.78, 5) is 14.6. The summed E-state index contributed by atoms with van der Waals surface area (Å²) in [7, 11) is 0. The molecule has 0 atom stereocenters. The maximum Gasteiger partial charge on any atom is 0.234 e. The monoisotopic (exact) mass is 358 g/mol. The second-order valence-corrected chi connectivity index (χ2v) is 7.46. The molecule has 1 aromatic carbocycles. The molecule has 2 aromatic rings. The number of thioether (sulfide) groups is 1. The molecule has 1 aromatic heterocycles. The summed E-state index contributed by atoms with van der Waals surface area (Å²) in [5.74, 6) is 0.671. The van der Waals surface area contributed by atoms with Crippen molar-refractivity contribution in [2.24, 2.45) is 0 Å². The SMILES string of the molecule is Nc1nnc(SCC(=O)Nc2ccc(N3CCCC3)cc2)n1C1CC1. The molecular formula is C17H22N6OS. The number of benzene rings is 1. The van der Waals surface area contributed by atoms with E-state index in [1.54, 1.807) is 0 Å². The molecule has 4 rings (SSSR count). The average molecular weight is 358 g/mol. The molecule has 0 spiro atoms. The Balaban J connectivity index is 1.31. The third-order valence-electron chi connectivity index (χ3n) is 4.56. The van der Waals surface area contributed by atoms with Crippen LogP contribution in [-0.2, 0) is 4.79 Å². The van der Waals surface area contributed by atoms with Crippen molar-refractivity contribution >= 4 is 35.0 Å². The van der Waals surface area contributed by atoms with Gasteiger partial charge in [-0.15, -0.1) is 10.2 Å². The van der Waals surface area contributed by atoms with Gasteiger partial charge in [-0.2, -0.15) is 0 Å². The molecular weight excluding hydrogens is 336 g/mol. The van der Waals surface area contributed by atoms with Gasteiger partial charge in [0.05, 0.1) is 5.75 Å².